The normalized spacial score (nSPS) is 18.7. The van der Waals surface area contributed by atoms with E-state index >= 15 is 0 Å². The summed E-state index contributed by atoms with van der Waals surface area (Å²) in [6, 6.07) is 12.1. The summed E-state index contributed by atoms with van der Waals surface area (Å²) in [5.41, 5.74) is 1.82. The minimum Gasteiger partial charge on any atom is -0.388 e. The Morgan fingerprint density at radius 2 is 1.88 bits per heavy atom. The van der Waals surface area contributed by atoms with Gasteiger partial charge in [0.25, 0.3) is 0 Å². The van der Waals surface area contributed by atoms with Crippen molar-refractivity contribution in [3.63, 3.8) is 0 Å². The number of anilines is 1. The van der Waals surface area contributed by atoms with Gasteiger partial charge in [-0.2, -0.15) is 0 Å². The number of amides is 2. The van der Waals surface area contributed by atoms with Crippen LogP contribution in [-0.2, 0) is 22.4 Å². The Balaban J connectivity index is 1.56. The molecule has 0 aliphatic heterocycles. The first kappa shape index (κ1) is 18.1. The quantitative estimate of drug-likeness (QED) is 0.737. The number of carbonyl (C=O) groups excluding carboxylic acids is 2. The highest BCUT2D eigenvalue weighted by molar-refractivity contribution is 6.39. The van der Waals surface area contributed by atoms with Crippen molar-refractivity contribution in [1.29, 1.82) is 0 Å². The van der Waals surface area contributed by atoms with E-state index in [1.165, 1.54) is 17.7 Å². The number of aliphatic hydroxyl groups is 1. The molecule has 0 saturated carbocycles. The van der Waals surface area contributed by atoms with Crippen molar-refractivity contribution in [2.75, 3.05) is 11.9 Å². The van der Waals surface area contributed by atoms with Crippen LogP contribution in [0.2, 0.25) is 0 Å². The molecule has 5 nitrogen and oxygen atoms in total. The van der Waals surface area contributed by atoms with E-state index in [0.29, 0.717) is 18.4 Å². The van der Waals surface area contributed by atoms with Gasteiger partial charge in [-0.3, -0.25) is 9.59 Å². The summed E-state index contributed by atoms with van der Waals surface area (Å²) in [4.78, 5) is 24.0. The van der Waals surface area contributed by atoms with Crippen LogP contribution < -0.4 is 10.6 Å². The van der Waals surface area contributed by atoms with Crippen molar-refractivity contribution in [1.82, 2.24) is 5.32 Å². The van der Waals surface area contributed by atoms with Crippen LogP contribution in [0.3, 0.4) is 0 Å². The summed E-state index contributed by atoms with van der Waals surface area (Å²) in [6.07, 6.45) is 1.65. The van der Waals surface area contributed by atoms with E-state index in [1.54, 1.807) is 6.92 Å². The fourth-order valence-electron chi connectivity index (χ4n) is 3.12. The van der Waals surface area contributed by atoms with Gasteiger partial charge in [-0.15, -0.1) is 0 Å². The van der Waals surface area contributed by atoms with Gasteiger partial charge in [0.15, 0.2) is 0 Å². The van der Waals surface area contributed by atoms with Crippen LogP contribution in [0.4, 0.5) is 10.1 Å². The molecule has 3 rings (SSSR count). The third kappa shape index (κ3) is 4.08. The van der Waals surface area contributed by atoms with Crippen molar-refractivity contribution in [3.05, 3.63) is 65.0 Å². The monoisotopic (exact) mass is 356 g/mol. The highest BCUT2D eigenvalue weighted by Crippen LogP contribution is 2.28. The number of carbonyl (C=O) groups is 2. The van der Waals surface area contributed by atoms with E-state index in [-0.39, 0.29) is 12.2 Å². The third-order valence-electron chi connectivity index (χ3n) is 4.71. The molecule has 1 aliphatic carbocycles. The van der Waals surface area contributed by atoms with E-state index in [1.807, 2.05) is 24.3 Å². The largest absolute Gasteiger partial charge is 0.388 e. The molecule has 2 amide bonds. The van der Waals surface area contributed by atoms with Crippen LogP contribution in [0.5, 0.6) is 0 Å². The van der Waals surface area contributed by atoms with Crippen molar-refractivity contribution < 1.29 is 19.1 Å². The van der Waals surface area contributed by atoms with Gasteiger partial charge in [0.05, 0.1) is 5.60 Å². The van der Waals surface area contributed by atoms with E-state index in [2.05, 4.69) is 10.6 Å². The van der Waals surface area contributed by atoms with Crippen LogP contribution in [0, 0.1) is 12.7 Å². The Kier molecular flexibility index (Phi) is 5.04. The minimum absolute atomic E-state index is 0.0180. The Labute approximate surface area is 151 Å². The maximum absolute atomic E-state index is 13.5. The summed E-state index contributed by atoms with van der Waals surface area (Å²) in [5.74, 6) is -2.22. The molecule has 3 N–H and O–H groups in total. The van der Waals surface area contributed by atoms with Gasteiger partial charge in [0.2, 0.25) is 0 Å². The lowest BCUT2D eigenvalue weighted by Crippen LogP contribution is -2.49. The van der Waals surface area contributed by atoms with Gasteiger partial charge in [0.1, 0.15) is 5.82 Å². The molecule has 0 spiro atoms. The Bertz CT molecular complexity index is 853. The predicted molar refractivity (Wildman–Crippen MR) is 96.2 cm³/mol. The molecule has 1 atom stereocenters. The van der Waals surface area contributed by atoms with E-state index < -0.39 is 23.2 Å². The molecule has 0 aromatic heterocycles. The number of hydrogen-bond donors (Lipinski definition) is 3. The molecule has 0 radical (unpaired) electrons. The number of nitrogens with one attached hydrogen (secondary N) is 2. The van der Waals surface area contributed by atoms with Gasteiger partial charge in [-0.05, 0) is 48.6 Å². The number of hydrogen-bond acceptors (Lipinski definition) is 3. The maximum Gasteiger partial charge on any atom is 0.313 e. The van der Waals surface area contributed by atoms with E-state index in [0.717, 1.165) is 18.1 Å². The number of halogens is 1. The van der Waals surface area contributed by atoms with Gasteiger partial charge in [-0.1, -0.05) is 30.3 Å². The molecule has 136 valence electrons. The smallest absolute Gasteiger partial charge is 0.313 e. The molecule has 1 aliphatic rings. The zero-order valence-electron chi connectivity index (χ0n) is 14.5. The molecule has 26 heavy (non-hydrogen) atoms. The lowest BCUT2D eigenvalue weighted by Gasteiger charge is -2.33. The molecule has 1 unspecified atom stereocenters. The fraction of sp³-hybridized carbons (Fsp3) is 0.300. The van der Waals surface area contributed by atoms with Crippen molar-refractivity contribution >= 4 is 17.5 Å². The first-order valence-electron chi connectivity index (χ1n) is 8.51. The van der Waals surface area contributed by atoms with Crippen molar-refractivity contribution in [3.8, 4) is 0 Å². The van der Waals surface area contributed by atoms with Crippen LogP contribution >= 0.6 is 0 Å². The van der Waals surface area contributed by atoms with Crippen molar-refractivity contribution in [2.24, 2.45) is 0 Å². The second-order valence-electron chi connectivity index (χ2n) is 6.77. The summed E-state index contributed by atoms with van der Waals surface area (Å²) in [7, 11) is 0. The molecular formula is C20H21FN2O3. The average molecular weight is 356 g/mol. The fourth-order valence-corrected chi connectivity index (χ4v) is 3.12. The molecular weight excluding hydrogens is 335 g/mol. The molecule has 2 aromatic rings. The summed E-state index contributed by atoms with van der Waals surface area (Å²) in [5, 5.41) is 15.5. The number of benzene rings is 2. The van der Waals surface area contributed by atoms with Gasteiger partial charge >= 0.3 is 11.8 Å². The zero-order chi connectivity index (χ0) is 18.7. The zero-order valence-corrected chi connectivity index (χ0v) is 14.5. The van der Waals surface area contributed by atoms with Gasteiger partial charge in [-0.25, -0.2) is 4.39 Å². The van der Waals surface area contributed by atoms with Crippen LogP contribution in [0.15, 0.2) is 42.5 Å². The van der Waals surface area contributed by atoms with E-state index in [4.69, 9.17) is 0 Å². The Morgan fingerprint density at radius 1 is 1.15 bits per heavy atom. The number of rotatable bonds is 3. The number of aryl methyl sites for hydroxylation is 2. The lowest BCUT2D eigenvalue weighted by molar-refractivity contribution is -0.136. The second-order valence-corrected chi connectivity index (χ2v) is 6.77. The molecule has 0 fully saturated rings. The lowest BCUT2D eigenvalue weighted by atomic mass is 9.80. The van der Waals surface area contributed by atoms with Crippen LogP contribution in [-0.4, -0.2) is 29.1 Å². The first-order valence-corrected chi connectivity index (χ1v) is 8.51. The minimum atomic E-state index is -1.08. The second kappa shape index (κ2) is 7.25. The summed E-state index contributed by atoms with van der Waals surface area (Å²) >= 11 is 0. The molecule has 0 saturated heterocycles. The number of fused-ring (bicyclic) bond motifs is 1. The van der Waals surface area contributed by atoms with Gasteiger partial charge < -0.3 is 15.7 Å². The standard InChI is InChI=1S/C20H21FN2O3/c1-13-6-7-16(10-17(13)21)23-19(25)18(24)22-12-20(26)9-8-14-4-2-3-5-15(14)11-20/h2-7,10,26H,8-9,11-12H2,1H3,(H,22,24)(H,23,25). The molecule has 6 heteroatoms. The first-order chi connectivity index (χ1) is 12.4. The van der Waals surface area contributed by atoms with Crippen molar-refractivity contribution in [2.45, 2.75) is 31.8 Å². The van der Waals surface area contributed by atoms with Crippen LogP contribution in [0.1, 0.15) is 23.1 Å². The third-order valence-corrected chi connectivity index (χ3v) is 4.71. The molecule has 0 heterocycles. The highest BCUT2D eigenvalue weighted by atomic mass is 19.1. The Morgan fingerprint density at radius 3 is 2.62 bits per heavy atom. The summed E-state index contributed by atoms with van der Waals surface area (Å²) < 4.78 is 13.5. The topological polar surface area (TPSA) is 78.4 Å². The highest BCUT2D eigenvalue weighted by Gasteiger charge is 2.32. The summed E-state index contributed by atoms with van der Waals surface area (Å²) in [6.45, 7) is 1.59. The molecule has 2 aromatic carbocycles. The predicted octanol–water partition coefficient (Wildman–Crippen LogP) is 2.11. The van der Waals surface area contributed by atoms with Gasteiger partial charge in [0, 0.05) is 18.7 Å². The molecule has 0 bridgehead atoms. The van der Waals surface area contributed by atoms with Crippen LogP contribution in [0.25, 0.3) is 0 Å². The average Bonchev–Trinajstić information content (AvgIpc) is 2.62. The maximum atomic E-state index is 13.5. The Hall–Kier alpha value is -2.73. The van der Waals surface area contributed by atoms with E-state index in [9.17, 15) is 19.1 Å². The SMILES string of the molecule is Cc1ccc(NC(=O)C(=O)NCC2(O)CCc3ccccc3C2)cc1F.